The van der Waals surface area contributed by atoms with Gasteiger partial charge in [-0.2, -0.15) is 0 Å². The molecule has 3 aromatic rings. The Morgan fingerprint density at radius 2 is 2.08 bits per heavy atom. The number of aromatic nitrogens is 2. The van der Waals surface area contributed by atoms with Gasteiger partial charge in [-0.05, 0) is 36.4 Å². The first-order valence-corrected chi connectivity index (χ1v) is 8.96. The number of nitrogens with zero attached hydrogens (tertiary/aromatic N) is 2. The van der Waals surface area contributed by atoms with Crippen LogP contribution < -0.4 is 10.1 Å². The van der Waals surface area contributed by atoms with E-state index in [2.05, 4.69) is 15.3 Å². The molecule has 0 saturated heterocycles. The molecule has 0 radical (unpaired) electrons. The van der Waals surface area contributed by atoms with Gasteiger partial charge in [-0.15, -0.1) is 11.3 Å². The van der Waals surface area contributed by atoms with Crippen molar-refractivity contribution in [2.45, 2.75) is 6.42 Å². The molecule has 3 rings (SSSR count). The fourth-order valence-corrected chi connectivity index (χ4v) is 3.06. The first kappa shape index (κ1) is 17.4. The van der Waals surface area contributed by atoms with Crippen LogP contribution >= 0.6 is 22.9 Å². The lowest BCUT2D eigenvalue weighted by Gasteiger charge is -2.07. The number of thiazole rings is 1. The van der Waals surface area contributed by atoms with Gasteiger partial charge in [-0.25, -0.2) is 4.98 Å². The second kappa shape index (κ2) is 8.60. The Morgan fingerprint density at radius 3 is 2.84 bits per heavy atom. The van der Waals surface area contributed by atoms with E-state index >= 15 is 0 Å². The highest BCUT2D eigenvalue weighted by Crippen LogP contribution is 2.22. The molecule has 1 N–H and O–H groups in total. The predicted octanol–water partition coefficient (Wildman–Crippen LogP) is 3.60. The highest BCUT2D eigenvalue weighted by Gasteiger charge is 2.09. The molecule has 0 bridgehead atoms. The van der Waals surface area contributed by atoms with Gasteiger partial charge < -0.3 is 10.1 Å². The number of ether oxygens (including phenoxy) is 1. The molecule has 25 heavy (non-hydrogen) atoms. The summed E-state index contributed by atoms with van der Waals surface area (Å²) in [4.78, 5) is 20.5. The number of nitrogens with one attached hydrogen (secondary N) is 1. The lowest BCUT2D eigenvalue weighted by atomic mass is 10.3. The fourth-order valence-electron chi connectivity index (χ4n) is 2.13. The lowest BCUT2D eigenvalue weighted by Crippen LogP contribution is -2.29. The summed E-state index contributed by atoms with van der Waals surface area (Å²) in [7, 11) is 0. The van der Waals surface area contributed by atoms with Crippen LogP contribution in [0.5, 0.6) is 5.75 Å². The molecular formula is C18H16ClN3O2S. The summed E-state index contributed by atoms with van der Waals surface area (Å²) in [6.07, 6.45) is 3.73. The maximum atomic E-state index is 12.0. The molecule has 2 aromatic heterocycles. The molecule has 0 aliphatic rings. The normalized spacial score (nSPS) is 10.4. The van der Waals surface area contributed by atoms with Gasteiger partial charge in [-0.3, -0.25) is 9.78 Å². The van der Waals surface area contributed by atoms with Crippen LogP contribution in [0.3, 0.4) is 0 Å². The van der Waals surface area contributed by atoms with Gasteiger partial charge >= 0.3 is 0 Å². The standard InChI is InChI=1S/C18H16ClN3O2S/c19-14-3-5-16(6-4-14)24-9-8-21-17(23)10-15-12-25-18(22-15)13-2-1-7-20-11-13/h1-7,11-12H,8-10H2,(H,21,23). The number of hydrogen-bond donors (Lipinski definition) is 1. The second-order valence-electron chi connectivity index (χ2n) is 5.21. The number of carbonyl (C=O) groups excluding carboxylic acids is 1. The summed E-state index contributed by atoms with van der Waals surface area (Å²) in [5.41, 5.74) is 1.70. The number of hydrogen-bond acceptors (Lipinski definition) is 5. The van der Waals surface area contributed by atoms with Crippen LogP contribution in [0.4, 0.5) is 0 Å². The highest BCUT2D eigenvalue weighted by molar-refractivity contribution is 7.13. The van der Waals surface area contributed by atoms with Gasteiger partial charge in [0.25, 0.3) is 0 Å². The van der Waals surface area contributed by atoms with E-state index in [1.54, 1.807) is 36.7 Å². The molecule has 0 unspecified atom stereocenters. The smallest absolute Gasteiger partial charge is 0.226 e. The van der Waals surface area contributed by atoms with E-state index in [-0.39, 0.29) is 12.3 Å². The van der Waals surface area contributed by atoms with Gasteiger partial charge in [-0.1, -0.05) is 11.6 Å². The third-order valence-corrected chi connectivity index (χ3v) is 4.50. The number of benzene rings is 1. The van der Waals surface area contributed by atoms with E-state index in [4.69, 9.17) is 16.3 Å². The molecule has 0 aliphatic carbocycles. The molecule has 0 spiro atoms. The third kappa shape index (κ3) is 5.27. The zero-order valence-electron chi connectivity index (χ0n) is 13.3. The van der Waals surface area contributed by atoms with Crippen molar-refractivity contribution in [3.8, 4) is 16.3 Å². The number of carbonyl (C=O) groups is 1. The molecule has 2 heterocycles. The van der Waals surface area contributed by atoms with Crippen LogP contribution in [0, 0.1) is 0 Å². The number of pyridine rings is 1. The van der Waals surface area contributed by atoms with Gasteiger partial charge in [0.05, 0.1) is 18.7 Å². The van der Waals surface area contributed by atoms with E-state index in [1.807, 2.05) is 17.5 Å². The molecule has 1 aromatic carbocycles. The zero-order valence-corrected chi connectivity index (χ0v) is 14.9. The third-order valence-electron chi connectivity index (χ3n) is 3.31. The lowest BCUT2D eigenvalue weighted by molar-refractivity contribution is -0.120. The Morgan fingerprint density at radius 1 is 1.24 bits per heavy atom. The number of amides is 1. The van der Waals surface area contributed by atoms with Crippen LogP contribution in [0.15, 0.2) is 54.2 Å². The maximum Gasteiger partial charge on any atom is 0.226 e. The van der Waals surface area contributed by atoms with Crippen molar-refractivity contribution in [3.63, 3.8) is 0 Å². The van der Waals surface area contributed by atoms with Crippen molar-refractivity contribution in [2.75, 3.05) is 13.2 Å². The summed E-state index contributed by atoms with van der Waals surface area (Å²) in [5, 5.41) is 6.24. The minimum atomic E-state index is -0.0808. The van der Waals surface area contributed by atoms with Crippen molar-refractivity contribution in [1.29, 1.82) is 0 Å². The molecule has 0 saturated carbocycles. The molecule has 1 amide bonds. The van der Waals surface area contributed by atoms with E-state index in [9.17, 15) is 4.79 Å². The number of halogens is 1. The van der Waals surface area contributed by atoms with Crippen molar-refractivity contribution >= 4 is 28.8 Å². The molecule has 0 atom stereocenters. The van der Waals surface area contributed by atoms with Crippen LogP contribution in [0.2, 0.25) is 5.02 Å². The van der Waals surface area contributed by atoms with Gasteiger partial charge in [0, 0.05) is 28.4 Å². The van der Waals surface area contributed by atoms with Crippen LogP contribution in [0.25, 0.3) is 10.6 Å². The topological polar surface area (TPSA) is 64.1 Å². The largest absolute Gasteiger partial charge is 0.492 e. The van der Waals surface area contributed by atoms with Crippen LogP contribution in [-0.4, -0.2) is 29.0 Å². The van der Waals surface area contributed by atoms with Gasteiger partial charge in [0.2, 0.25) is 5.91 Å². The van der Waals surface area contributed by atoms with Crippen LogP contribution in [0.1, 0.15) is 5.69 Å². The summed E-state index contributed by atoms with van der Waals surface area (Å²) in [6, 6.07) is 10.9. The SMILES string of the molecule is O=C(Cc1csc(-c2cccnc2)n1)NCCOc1ccc(Cl)cc1. The average Bonchev–Trinajstić information content (AvgIpc) is 3.09. The van der Waals surface area contributed by atoms with Crippen LogP contribution in [-0.2, 0) is 11.2 Å². The first-order valence-electron chi connectivity index (χ1n) is 7.70. The Labute approximate surface area is 154 Å². The zero-order chi connectivity index (χ0) is 17.5. The molecule has 7 heteroatoms. The van der Waals surface area contributed by atoms with E-state index < -0.39 is 0 Å². The second-order valence-corrected chi connectivity index (χ2v) is 6.51. The van der Waals surface area contributed by atoms with Crippen molar-refractivity contribution in [1.82, 2.24) is 15.3 Å². The van der Waals surface area contributed by atoms with E-state index in [0.29, 0.717) is 18.2 Å². The van der Waals surface area contributed by atoms with Crippen molar-refractivity contribution in [2.24, 2.45) is 0 Å². The fraction of sp³-hybridized carbons (Fsp3) is 0.167. The first-order chi connectivity index (χ1) is 12.2. The Hall–Kier alpha value is -2.44. The summed E-state index contributed by atoms with van der Waals surface area (Å²) in [5.74, 6) is 0.641. The van der Waals surface area contributed by atoms with E-state index in [1.165, 1.54) is 11.3 Å². The number of rotatable bonds is 7. The minimum absolute atomic E-state index is 0.0808. The Kier molecular flexibility index (Phi) is 5.98. The predicted molar refractivity (Wildman–Crippen MR) is 99.0 cm³/mol. The molecule has 0 aliphatic heterocycles. The van der Waals surface area contributed by atoms with Crippen molar-refractivity contribution < 1.29 is 9.53 Å². The van der Waals surface area contributed by atoms with Gasteiger partial charge in [0.15, 0.2) is 0 Å². The summed E-state index contributed by atoms with van der Waals surface area (Å²) >= 11 is 7.32. The molecule has 128 valence electrons. The molecular weight excluding hydrogens is 358 g/mol. The Balaban J connectivity index is 1.42. The average molecular weight is 374 g/mol. The summed E-state index contributed by atoms with van der Waals surface area (Å²) in [6.45, 7) is 0.826. The minimum Gasteiger partial charge on any atom is -0.492 e. The van der Waals surface area contributed by atoms with E-state index in [0.717, 1.165) is 22.0 Å². The maximum absolute atomic E-state index is 12.0. The molecule has 5 nitrogen and oxygen atoms in total. The summed E-state index contributed by atoms with van der Waals surface area (Å²) < 4.78 is 5.53. The highest BCUT2D eigenvalue weighted by atomic mass is 35.5. The quantitative estimate of drug-likeness (QED) is 0.643. The molecule has 0 fully saturated rings. The van der Waals surface area contributed by atoms with Gasteiger partial charge in [0.1, 0.15) is 17.4 Å². The Bertz CT molecular complexity index is 822. The monoisotopic (exact) mass is 373 g/mol. The van der Waals surface area contributed by atoms with Crippen molar-refractivity contribution in [3.05, 3.63) is 64.9 Å².